The lowest BCUT2D eigenvalue weighted by molar-refractivity contribution is 0.661. The van der Waals surface area contributed by atoms with E-state index < -0.39 is 0 Å². The first-order chi connectivity index (χ1) is 6.27. The molecule has 0 saturated heterocycles. The van der Waals surface area contributed by atoms with Crippen LogP contribution in [0.5, 0.6) is 0 Å². The second kappa shape index (κ2) is 9.57. The molecule has 0 nitrogen and oxygen atoms in total. The lowest BCUT2D eigenvalue weighted by Crippen LogP contribution is -1.81. The molecule has 0 saturated carbocycles. The molecule has 0 atom stereocenters. The van der Waals surface area contributed by atoms with Gasteiger partial charge in [-0.25, -0.2) is 0 Å². The van der Waals surface area contributed by atoms with Crippen molar-refractivity contribution in [2.45, 2.75) is 52.9 Å². The number of unbranched alkanes of at least 4 members (excludes halogenated alkanes) is 2. The summed E-state index contributed by atoms with van der Waals surface area (Å²) in [7, 11) is 0. The summed E-state index contributed by atoms with van der Waals surface area (Å²) in [6, 6.07) is 0. The van der Waals surface area contributed by atoms with Crippen molar-refractivity contribution in [3.63, 3.8) is 0 Å². The fourth-order valence-electron chi connectivity index (χ4n) is 1.12. The fraction of sp³-hybridized carbons (Fsp3) is 0.692. The van der Waals surface area contributed by atoms with Gasteiger partial charge in [-0.1, -0.05) is 45.1 Å². The van der Waals surface area contributed by atoms with Crippen molar-refractivity contribution >= 4 is 0 Å². The summed E-state index contributed by atoms with van der Waals surface area (Å²) in [4.78, 5) is 0. The van der Waals surface area contributed by atoms with Crippen LogP contribution in [-0.2, 0) is 0 Å². The molecule has 0 aromatic carbocycles. The molecule has 0 N–H and O–H groups in total. The summed E-state index contributed by atoms with van der Waals surface area (Å²) in [5.41, 5.74) is 0. The third kappa shape index (κ3) is 11.5. The first-order valence-corrected chi connectivity index (χ1v) is 5.57. The van der Waals surface area contributed by atoms with Crippen molar-refractivity contribution in [2.24, 2.45) is 5.92 Å². The van der Waals surface area contributed by atoms with Gasteiger partial charge in [-0.05, 0) is 38.0 Å². The zero-order valence-electron chi connectivity index (χ0n) is 9.42. The van der Waals surface area contributed by atoms with Crippen LogP contribution in [-0.4, -0.2) is 0 Å². The molecule has 0 rings (SSSR count). The Bertz CT molecular complexity index is 140. The first kappa shape index (κ1) is 12.5. The Labute approximate surface area is 83.7 Å². The van der Waals surface area contributed by atoms with E-state index in [9.17, 15) is 0 Å². The van der Waals surface area contributed by atoms with E-state index >= 15 is 0 Å². The number of hydrogen-bond donors (Lipinski definition) is 0. The van der Waals surface area contributed by atoms with Crippen molar-refractivity contribution in [3.8, 4) is 0 Å². The molecule has 0 bridgehead atoms. The Balaban J connectivity index is 3.15. The molecule has 0 aliphatic rings. The predicted octanol–water partition coefficient (Wildman–Crippen LogP) is 4.73. The Hall–Kier alpha value is -0.520. The van der Waals surface area contributed by atoms with Crippen LogP contribution in [0.1, 0.15) is 52.9 Å². The molecule has 0 radical (unpaired) electrons. The third-order valence-corrected chi connectivity index (χ3v) is 1.92. The van der Waals surface area contributed by atoms with E-state index in [0.29, 0.717) is 0 Å². The van der Waals surface area contributed by atoms with Gasteiger partial charge >= 0.3 is 0 Å². The maximum atomic E-state index is 2.32. The van der Waals surface area contributed by atoms with Crippen LogP contribution in [0.25, 0.3) is 0 Å². The van der Waals surface area contributed by atoms with E-state index in [2.05, 4.69) is 45.1 Å². The molecule has 0 aliphatic heterocycles. The molecule has 0 heterocycles. The minimum absolute atomic E-state index is 0.802. The Morgan fingerprint density at radius 2 is 1.54 bits per heavy atom. The van der Waals surface area contributed by atoms with E-state index in [1.54, 1.807) is 0 Å². The zero-order chi connectivity index (χ0) is 9.94. The molecule has 0 spiro atoms. The van der Waals surface area contributed by atoms with Crippen LogP contribution >= 0.6 is 0 Å². The zero-order valence-corrected chi connectivity index (χ0v) is 9.42. The Kier molecular flexibility index (Phi) is 9.18. The van der Waals surface area contributed by atoms with Crippen LogP contribution in [0.2, 0.25) is 0 Å². The van der Waals surface area contributed by atoms with Crippen LogP contribution in [0, 0.1) is 5.92 Å². The van der Waals surface area contributed by atoms with Gasteiger partial charge < -0.3 is 0 Å². The van der Waals surface area contributed by atoms with Crippen LogP contribution in [0.4, 0.5) is 0 Å². The highest BCUT2D eigenvalue weighted by Crippen LogP contribution is 2.03. The SMILES string of the molecule is CC/C=C/CCC/C=C/CC(C)C. The quantitative estimate of drug-likeness (QED) is 0.392. The van der Waals surface area contributed by atoms with Crippen molar-refractivity contribution < 1.29 is 0 Å². The van der Waals surface area contributed by atoms with Crippen LogP contribution in [0.3, 0.4) is 0 Å². The van der Waals surface area contributed by atoms with Crippen molar-refractivity contribution in [1.29, 1.82) is 0 Å². The Morgan fingerprint density at radius 1 is 0.923 bits per heavy atom. The second-order valence-corrected chi connectivity index (χ2v) is 3.91. The molecule has 13 heavy (non-hydrogen) atoms. The molecule has 0 aromatic heterocycles. The largest absolute Gasteiger partial charge is 0.0888 e. The van der Waals surface area contributed by atoms with Gasteiger partial charge in [0.2, 0.25) is 0 Å². The topological polar surface area (TPSA) is 0 Å². The average Bonchev–Trinajstić information content (AvgIpc) is 2.09. The maximum absolute atomic E-state index is 2.32. The van der Waals surface area contributed by atoms with Gasteiger partial charge in [0.05, 0.1) is 0 Å². The smallest absolute Gasteiger partial charge is 0.0327 e. The molecule has 0 fully saturated rings. The third-order valence-electron chi connectivity index (χ3n) is 1.92. The Morgan fingerprint density at radius 3 is 2.08 bits per heavy atom. The van der Waals surface area contributed by atoms with Gasteiger partial charge in [0, 0.05) is 0 Å². The first-order valence-electron chi connectivity index (χ1n) is 5.57. The van der Waals surface area contributed by atoms with E-state index in [4.69, 9.17) is 0 Å². The highest BCUT2D eigenvalue weighted by molar-refractivity contribution is 4.85. The van der Waals surface area contributed by atoms with Gasteiger partial charge in [0.1, 0.15) is 0 Å². The summed E-state index contributed by atoms with van der Waals surface area (Å²) in [6.45, 7) is 6.70. The summed E-state index contributed by atoms with van der Waals surface area (Å²) >= 11 is 0. The summed E-state index contributed by atoms with van der Waals surface area (Å²) in [6.07, 6.45) is 15.3. The molecular weight excluding hydrogens is 156 g/mol. The van der Waals surface area contributed by atoms with Gasteiger partial charge in [0.25, 0.3) is 0 Å². The fourth-order valence-corrected chi connectivity index (χ4v) is 1.12. The summed E-state index contributed by atoms with van der Waals surface area (Å²) in [5, 5.41) is 0. The molecule has 0 heteroatoms. The minimum Gasteiger partial charge on any atom is -0.0888 e. The van der Waals surface area contributed by atoms with Gasteiger partial charge in [-0.15, -0.1) is 0 Å². The average molecular weight is 180 g/mol. The molecule has 76 valence electrons. The lowest BCUT2D eigenvalue weighted by atomic mass is 10.1. The van der Waals surface area contributed by atoms with Gasteiger partial charge in [-0.3, -0.25) is 0 Å². The van der Waals surface area contributed by atoms with E-state index in [-0.39, 0.29) is 0 Å². The highest BCUT2D eigenvalue weighted by Gasteiger charge is 1.86. The highest BCUT2D eigenvalue weighted by atomic mass is 13.9. The van der Waals surface area contributed by atoms with E-state index in [0.717, 1.165) is 5.92 Å². The molecule has 0 unspecified atom stereocenters. The van der Waals surface area contributed by atoms with Crippen LogP contribution in [0.15, 0.2) is 24.3 Å². The normalized spacial score (nSPS) is 12.3. The molecular formula is C13H24. The second-order valence-electron chi connectivity index (χ2n) is 3.91. The summed E-state index contributed by atoms with van der Waals surface area (Å²) < 4.78 is 0. The molecule has 0 amide bonds. The molecule has 0 aliphatic carbocycles. The van der Waals surface area contributed by atoms with E-state index in [1.807, 2.05) is 0 Å². The molecule has 0 aromatic rings. The number of hydrogen-bond acceptors (Lipinski definition) is 0. The predicted molar refractivity (Wildman–Crippen MR) is 61.9 cm³/mol. The standard InChI is InChI=1S/C13H24/c1-4-5-6-7-8-9-10-11-12-13(2)3/h5-6,10-11,13H,4,7-9,12H2,1-3H3/b6-5+,11-10+. The number of allylic oxidation sites excluding steroid dienone is 4. The van der Waals surface area contributed by atoms with Gasteiger partial charge in [-0.2, -0.15) is 0 Å². The monoisotopic (exact) mass is 180 g/mol. The van der Waals surface area contributed by atoms with Crippen molar-refractivity contribution in [3.05, 3.63) is 24.3 Å². The number of rotatable bonds is 7. The van der Waals surface area contributed by atoms with Crippen molar-refractivity contribution in [2.75, 3.05) is 0 Å². The maximum Gasteiger partial charge on any atom is -0.0327 e. The van der Waals surface area contributed by atoms with Crippen molar-refractivity contribution in [1.82, 2.24) is 0 Å². The minimum atomic E-state index is 0.802. The summed E-state index contributed by atoms with van der Waals surface area (Å²) in [5.74, 6) is 0.802. The van der Waals surface area contributed by atoms with Crippen LogP contribution < -0.4 is 0 Å². The van der Waals surface area contributed by atoms with Gasteiger partial charge in [0.15, 0.2) is 0 Å². The lowest BCUT2D eigenvalue weighted by Gasteiger charge is -1.96. The van der Waals surface area contributed by atoms with E-state index in [1.165, 1.54) is 32.1 Å².